The quantitative estimate of drug-likeness (QED) is 0.854. The van der Waals surface area contributed by atoms with E-state index in [4.69, 9.17) is 4.74 Å². The Kier molecular flexibility index (Phi) is 5.17. The first-order valence-electron chi connectivity index (χ1n) is 6.80. The minimum Gasteiger partial charge on any atom is -0.484 e. The summed E-state index contributed by atoms with van der Waals surface area (Å²) in [7, 11) is -2.87. The average Bonchev–Trinajstić information content (AvgIpc) is 2.76. The van der Waals surface area contributed by atoms with E-state index in [1.165, 1.54) is 18.2 Å². The van der Waals surface area contributed by atoms with Crippen LogP contribution in [0.5, 0.6) is 5.75 Å². The molecule has 1 unspecified atom stereocenters. The van der Waals surface area contributed by atoms with Crippen LogP contribution in [0, 0.1) is 11.7 Å². The summed E-state index contributed by atoms with van der Waals surface area (Å²) in [5, 5.41) is 2.67. The molecule has 1 aliphatic heterocycles. The largest absolute Gasteiger partial charge is 0.484 e. The Morgan fingerprint density at radius 1 is 1.43 bits per heavy atom. The van der Waals surface area contributed by atoms with Gasteiger partial charge in [0.15, 0.2) is 16.4 Å². The number of carbonyl (C=O) groups excluding carboxylic acids is 1. The first-order valence-corrected chi connectivity index (χ1v) is 8.62. The predicted molar refractivity (Wildman–Crippen MR) is 76.3 cm³/mol. The first-order chi connectivity index (χ1) is 9.94. The van der Waals surface area contributed by atoms with E-state index in [1.807, 2.05) is 0 Å². The second kappa shape index (κ2) is 6.89. The molecule has 1 atom stereocenters. The van der Waals surface area contributed by atoms with Crippen LogP contribution in [0.2, 0.25) is 0 Å². The van der Waals surface area contributed by atoms with E-state index < -0.39 is 15.7 Å². The van der Waals surface area contributed by atoms with Crippen LogP contribution >= 0.6 is 0 Å². The van der Waals surface area contributed by atoms with E-state index in [2.05, 4.69) is 5.32 Å². The number of rotatable bonds is 6. The van der Waals surface area contributed by atoms with Gasteiger partial charge in [-0.15, -0.1) is 0 Å². The van der Waals surface area contributed by atoms with Crippen LogP contribution in [-0.2, 0) is 14.6 Å². The standard InChI is InChI=1S/C14H18FNO4S/c15-12-2-1-3-13(8-12)20-9-14(17)16-6-4-11-5-7-21(18,19)10-11/h1-3,8,11H,4-7,9-10H2,(H,16,17). The van der Waals surface area contributed by atoms with Crippen molar-refractivity contribution in [2.24, 2.45) is 5.92 Å². The zero-order valence-electron chi connectivity index (χ0n) is 11.5. The van der Waals surface area contributed by atoms with Gasteiger partial charge in [-0.25, -0.2) is 12.8 Å². The topological polar surface area (TPSA) is 72.5 Å². The Labute approximate surface area is 123 Å². The third-order valence-corrected chi connectivity index (χ3v) is 5.20. The molecule has 1 heterocycles. The molecular formula is C14H18FNO4S. The maximum absolute atomic E-state index is 12.9. The maximum atomic E-state index is 12.9. The Morgan fingerprint density at radius 2 is 2.24 bits per heavy atom. The Morgan fingerprint density at radius 3 is 2.90 bits per heavy atom. The lowest BCUT2D eigenvalue weighted by atomic mass is 10.1. The SMILES string of the molecule is O=C(COc1cccc(F)c1)NCCC1CCS(=O)(=O)C1. The zero-order chi connectivity index (χ0) is 15.3. The minimum atomic E-state index is -2.87. The van der Waals surface area contributed by atoms with Gasteiger partial charge in [0.1, 0.15) is 11.6 Å². The van der Waals surface area contributed by atoms with E-state index in [0.29, 0.717) is 25.1 Å². The number of carbonyl (C=O) groups is 1. The molecule has 1 aromatic carbocycles. The Balaban J connectivity index is 1.64. The summed E-state index contributed by atoms with van der Waals surface area (Å²) in [6, 6.07) is 5.57. The summed E-state index contributed by atoms with van der Waals surface area (Å²) >= 11 is 0. The van der Waals surface area contributed by atoms with E-state index >= 15 is 0 Å². The van der Waals surface area contributed by atoms with Gasteiger partial charge >= 0.3 is 0 Å². The molecule has 7 heteroatoms. The molecule has 1 fully saturated rings. The van der Waals surface area contributed by atoms with Gasteiger partial charge < -0.3 is 10.1 Å². The number of hydrogen-bond acceptors (Lipinski definition) is 4. The molecule has 1 N–H and O–H groups in total. The molecule has 1 amide bonds. The monoisotopic (exact) mass is 315 g/mol. The van der Waals surface area contributed by atoms with Crippen molar-refractivity contribution in [3.63, 3.8) is 0 Å². The van der Waals surface area contributed by atoms with Crippen LogP contribution in [0.1, 0.15) is 12.8 Å². The summed E-state index contributed by atoms with van der Waals surface area (Å²) in [4.78, 5) is 11.6. The number of halogens is 1. The molecular weight excluding hydrogens is 297 g/mol. The van der Waals surface area contributed by atoms with Gasteiger partial charge in [-0.1, -0.05) is 6.07 Å². The van der Waals surface area contributed by atoms with Gasteiger partial charge in [-0.05, 0) is 30.9 Å². The van der Waals surface area contributed by atoms with Crippen LogP contribution in [0.25, 0.3) is 0 Å². The third kappa shape index (κ3) is 5.34. The van der Waals surface area contributed by atoms with E-state index in [1.54, 1.807) is 6.07 Å². The van der Waals surface area contributed by atoms with Crippen molar-refractivity contribution >= 4 is 15.7 Å². The molecule has 1 saturated heterocycles. The third-order valence-electron chi connectivity index (χ3n) is 3.37. The highest BCUT2D eigenvalue weighted by Gasteiger charge is 2.27. The van der Waals surface area contributed by atoms with Crippen LogP contribution in [0.4, 0.5) is 4.39 Å². The van der Waals surface area contributed by atoms with Crippen molar-refractivity contribution in [1.82, 2.24) is 5.32 Å². The van der Waals surface area contributed by atoms with E-state index in [0.717, 1.165) is 0 Å². The predicted octanol–water partition coefficient (Wildman–Crippen LogP) is 1.15. The van der Waals surface area contributed by atoms with Crippen molar-refractivity contribution in [3.8, 4) is 5.75 Å². The van der Waals surface area contributed by atoms with E-state index in [9.17, 15) is 17.6 Å². The minimum absolute atomic E-state index is 0.124. The maximum Gasteiger partial charge on any atom is 0.257 e. The molecule has 1 aromatic rings. The molecule has 2 rings (SSSR count). The van der Waals surface area contributed by atoms with Gasteiger partial charge in [0, 0.05) is 12.6 Å². The number of benzene rings is 1. The number of hydrogen-bond donors (Lipinski definition) is 1. The molecule has 116 valence electrons. The van der Waals surface area contributed by atoms with Crippen LogP contribution in [-0.4, -0.2) is 39.0 Å². The summed E-state index contributed by atoms with van der Waals surface area (Å²) < 4.78 is 40.6. The van der Waals surface area contributed by atoms with Crippen LogP contribution in [0.3, 0.4) is 0 Å². The van der Waals surface area contributed by atoms with Crippen LogP contribution < -0.4 is 10.1 Å². The van der Waals surface area contributed by atoms with Gasteiger partial charge in [0.05, 0.1) is 11.5 Å². The van der Waals surface area contributed by atoms with Crippen molar-refractivity contribution < 1.29 is 22.3 Å². The molecule has 0 aromatic heterocycles. The number of sulfone groups is 1. The second-order valence-electron chi connectivity index (χ2n) is 5.15. The molecule has 0 saturated carbocycles. The molecule has 0 bridgehead atoms. The lowest BCUT2D eigenvalue weighted by Crippen LogP contribution is -2.30. The van der Waals surface area contributed by atoms with Gasteiger partial charge in [0.25, 0.3) is 5.91 Å². The normalized spacial score (nSPS) is 20.1. The first kappa shape index (κ1) is 15.8. The summed E-state index contributed by atoms with van der Waals surface area (Å²) in [6.45, 7) is 0.234. The molecule has 21 heavy (non-hydrogen) atoms. The lowest BCUT2D eigenvalue weighted by Gasteiger charge is -2.10. The summed E-state index contributed by atoms with van der Waals surface area (Å²) in [5.41, 5.74) is 0. The fourth-order valence-electron chi connectivity index (χ4n) is 2.27. The second-order valence-corrected chi connectivity index (χ2v) is 7.38. The van der Waals surface area contributed by atoms with Gasteiger partial charge in [-0.3, -0.25) is 4.79 Å². The highest BCUT2D eigenvalue weighted by molar-refractivity contribution is 7.91. The smallest absolute Gasteiger partial charge is 0.257 e. The lowest BCUT2D eigenvalue weighted by molar-refractivity contribution is -0.123. The fraction of sp³-hybridized carbons (Fsp3) is 0.500. The molecule has 0 spiro atoms. The van der Waals surface area contributed by atoms with Crippen molar-refractivity contribution in [3.05, 3.63) is 30.1 Å². The number of nitrogens with one attached hydrogen (secondary N) is 1. The van der Waals surface area contributed by atoms with Crippen molar-refractivity contribution in [2.45, 2.75) is 12.8 Å². The summed E-state index contributed by atoms with van der Waals surface area (Å²) in [5.74, 6) is 0.152. The number of ether oxygens (including phenoxy) is 1. The molecule has 0 radical (unpaired) electrons. The highest BCUT2D eigenvalue weighted by atomic mass is 32.2. The Hall–Kier alpha value is -1.63. The molecule has 1 aliphatic rings. The Bertz CT molecular complexity index is 603. The average molecular weight is 315 g/mol. The van der Waals surface area contributed by atoms with Gasteiger partial charge in [-0.2, -0.15) is 0 Å². The van der Waals surface area contributed by atoms with E-state index in [-0.39, 0.29) is 29.9 Å². The molecule has 0 aliphatic carbocycles. The van der Waals surface area contributed by atoms with Crippen molar-refractivity contribution in [2.75, 3.05) is 24.7 Å². The zero-order valence-corrected chi connectivity index (χ0v) is 12.4. The van der Waals surface area contributed by atoms with Crippen LogP contribution in [0.15, 0.2) is 24.3 Å². The highest BCUT2D eigenvalue weighted by Crippen LogP contribution is 2.20. The van der Waals surface area contributed by atoms with Crippen molar-refractivity contribution in [1.29, 1.82) is 0 Å². The summed E-state index contributed by atoms with van der Waals surface area (Å²) in [6.07, 6.45) is 1.31. The van der Waals surface area contributed by atoms with Gasteiger partial charge in [0.2, 0.25) is 0 Å². The fourth-order valence-corrected chi connectivity index (χ4v) is 4.18. The molecule has 5 nitrogen and oxygen atoms in total. The number of amides is 1.